The van der Waals surface area contributed by atoms with E-state index in [1.54, 1.807) is 4.68 Å². The zero-order valence-corrected chi connectivity index (χ0v) is 10.8. The Bertz CT molecular complexity index is 506. The van der Waals surface area contributed by atoms with E-state index in [-0.39, 0.29) is 0 Å². The van der Waals surface area contributed by atoms with Crippen LogP contribution in [-0.4, -0.2) is 26.0 Å². The number of aromatic nitrogens is 4. The van der Waals surface area contributed by atoms with Crippen molar-refractivity contribution in [2.24, 2.45) is 0 Å². The zero-order chi connectivity index (χ0) is 12.1. The van der Waals surface area contributed by atoms with Gasteiger partial charge in [-0.3, -0.25) is 0 Å². The molecule has 1 aromatic heterocycles. The predicted octanol–water partition coefficient (Wildman–Crippen LogP) is 2.82. The van der Waals surface area contributed by atoms with E-state index in [0.717, 1.165) is 16.6 Å². The van der Waals surface area contributed by atoms with Crippen LogP contribution in [0.25, 0.3) is 5.69 Å². The summed E-state index contributed by atoms with van der Waals surface area (Å²) in [4.78, 5) is 0. The van der Waals surface area contributed by atoms with Crippen molar-refractivity contribution in [2.45, 2.75) is 12.1 Å². The maximum absolute atomic E-state index is 5.46. The monoisotopic (exact) mass is 266 g/mol. The molecule has 0 aliphatic carbocycles. The molecule has 0 bridgehead atoms. The molecule has 0 aliphatic heterocycles. The number of tetrazole rings is 1. The number of benzene rings is 1. The second-order valence-electron chi connectivity index (χ2n) is 3.38. The molecule has 0 fully saturated rings. The van der Waals surface area contributed by atoms with Gasteiger partial charge in [0.2, 0.25) is 5.16 Å². The highest BCUT2D eigenvalue weighted by Gasteiger charge is 2.07. The topological polar surface area (TPSA) is 43.6 Å². The van der Waals surface area contributed by atoms with Crippen molar-refractivity contribution in [1.29, 1.82) is 0 Å². The SMILES string of the molecule is Cc1ccc(-n2nnnc2SCC=CCl)cc1. The minimum absolute atomic E-state index is 0.746. The van der Waals surface area contributed by atoms with E-state index >= 15 is 0 Å². The van der Waals surface area contributed by atoms with Gasteiger partial charge in [0.1, 0.15) is 0 Å². The number of nitrogens with zero attached hydrogens (tertiary/aromatic N) is 4. The first-order valence-electron chi connectivity index (χ1n) is 5.04. The lowest BCUT2D eigenvalue weighted by molar-refractivity contribution is 0.756. The van der Waals surface area contributed by atoms with E-state index in [1.807, 2.05) is 37.3 Å². The summed E-state index contributed by atoms with van der Waals surface area (Å²) in [5.41, 5.74) is 3.66. The van der Waals surface area contributed by atoms with Crippen LogP contribution in [0, 0.1) is 6.92 Å². The lowest BCUT2D eigenvalue weighted by Gasteiger charge is -2.03. The van der Waals surface area contributed by atoms with Gasteiger partial charge in [0.05, 0.1) is 5.69 Å². The van der Waals surface area contributed by atoms with E-state index in [4.69, 9.17) is 11.6 Å². The normalized spacial score (nSPS) is 11.2. The Kier molecular flexibility index (Phi) is 4.17. The third kappa shape index (κ3) is 3.08. The maximum atomic E-state index is 5.46. The van der Waals surface area contributed by atoms with E-state index in [2.05, 4.69) is 15.5 Å². The fraction of sp³-hybridized carbons (Fsp3) is 0.182. The van der Waals surface area contributed by atoms with Crippen LogP contribution in [0.3, 0.4) is 0 Å². The molecule has 0 radical (unpaired) electrons. The zero-order valence-electron chi connectivity index (χ0n) is 9.25. The van der Waals surface area contributed by atoms with Gasteiger partial charge in [-0.1, -0.05) is 47.1 Å². The van der Waals surface area contributed by atoms with Crippen LogP contribution < -0.4 is 0 Å². The number of halogens is 1. The summed E-state index contributed by atoms with van der Waals surface area (Å²) in [6.45, 7) is 2.05. The summed E-state index contributed by atoms with van der Waals surface area (Å²) >= 11 is 7.00. The fourth-order valence-corrected chi connectivity index (χ4v) is 2.17. The molecule has 1 heterocycles. The Hall–Kier alpha value is -1.33. The second kappa shape index (κ2) is 5.84. The highest BCUT2D eigenvalue weighted by atomic mass is 35.5. The Balaban J connectivity index is 2.21. The molecule has 6 heteroatoms. The van der Waals surface area contributed by atoms with Crippen LogP contribution in [0.15, 0.2) is 41.0 Å². The molecule has 0 unspecified atom stereocenters. The molecular formula is C11H11ClN4S. The third-order valence-corrected chi connectivity index (χ3v) is 3.17. The number of aryl methyl sites for hydroxylation is 1. The summed E-state index contributed by atoms with van der Waals surface area (Å²) < 4.78 is 1.71. The molecule has 0 spiro atoms. The lowest BCUT2D eigenvalue weighted by Crippen LogP contribution is -1.98. The Labute approximate surface area is 109 Å². The van der Waals surface area contributed by atoms with E-state index in [0.29, 0.717) is 0 Å². The van der Waals surface area contributed by atoms with Gasteiger partial charge in [0.15, 0.2) is 0 Å². The Morgan fingerprint density at radius 1 is 1.35 bits per heavy atom. The van der Waals surface area contributed by atoms with Gasteiger partial charge in [-0.05, 0) is 29.5 Å². The summed E-state index contributed by atoms with van der Waals surface area (Å²) in [6, 6.07) is 8.05. The van der Waals surface area contributed by atoms with Crippen molar-refractivity contribution in [2.75, 3.05) is 5.75 Å². The summed E-state index contributed by atoms with van der Waals surface area (Å²) in [5, 5.41) is 12.4. The van der Waals surface area contributed by atoms with Crippen LogP contribution >= 0.6 is 23.4 Å². The largest absolute Gasteiger partial charge is 0.214 e. The minimum atomic E-state index is 0.746. The first-order chi connectivity index (χ1) is 8.31. The molecule has 2 rings (SSSR count). The average Bonchev–Trinajstić information content (AvgIpc) is 2.79. The molecule has 0 N–H and O–H groups in total. The van der Waals surface area contributed by atoms with Crippen molar-refractivity contribution >= 4 is 23.4 Å². The lowest BCUT2D eigenvalue weighted by atomic mass is 10.2. The smallest absolute Gasteiger partial charge is 0.188 e. The standard InChI is InChI=1S/C11H11ClN4S/c1-9-3-5-10(6-4-9)16-11(13-14-15-16)17-8-2-7-12/h2-7H,8H2,1H3. The number of rotatable bonds is 4. The van der Waals surface area contributed by atoms with Gasteiger partial charge >= 0.3 is 0 Å². The predicted molar refractivity (Wildman–Crippen MR) is 69.6 cm³/mol. The van der Waals surface area contributed by atoms with Crippen LogP contribution in [0.4, 0.5) is 0 Å². The molecule has 0 amide bonds. The highest BCUT2D eigenvalue weighted by Crippen LogP contribution is 2.18. The second-order valence-corrected chi connectivity index (χ2v) is 4.62. The van der Waals surface area contributed by atoms with E-state index < -0.39 is 0 Å². The fourth-order valence-electron chi connectivity index (χ4n) is 1.28. The Morgan fingerprint density at radius 3 is 2.82 bits per heavy atom. The first kappa shape index (κ1) is 12.1. The van der Waals surface area contributed by atoms with Gasteiger partial charge in [0, 0.05) is 11.3 Å². The van der Waals surface area contributed by atoms with Gasteiger partial charge in [-0.15, -0.1) is 5.10 Å². The van der Waals surface area contributed by atoms with Crippen molar-refractivity contribution in [3.63, 3.8) is 0 Å². The third-order valence-electron chi connectivity index (χ3n) is 2.12. The number of hydrogen-bond donors (Lipinski definition) is 0. The summed E-state index contributed by atoms with van der Waals surface area (Å²) in [5.74, 6) is 0.746. The molecule has 17 heavy (non-hydrogen) atoms. The molecule has 1 aromatic carbocycles. The molecule has 88 valence electrons. The minimum Gasteiger partial charge on any atom is -0.188 e. The van der Waals surface area contributed by atoms with Gasteiger partial charge in [-0.25, -0.2) is 0 Å². The highest BCUT2D eigenvalue weighted by molar-refractivity contribution is 7.99. The first-order valence-corrected chi connectivity index (χ1v) is 6.47. The van der Waals surface area contributed by atoms with E-state index in [1.165, 1.54) is 22.9 Å². The molecule has 2 aromatic rings. The van der Waals surface area contributed by atoms with Crippen LogP contribution in [-0.2, 0) is 0 Å². The summed E-state index contributed by atoms with van der Waals surface area (Å²) in [7, 11) is 0. The molecule has 4 nitrogen and oxygen atoms in total. The van der Waals surface area contributed by atoms with Gasteiger partial charge in [0.25, 0.3) is 0 Å². The van der Waals surface area contributed by atoms with Crippen LogP contribution in [0.5, 0.6) is 0 Å². The molecular weight excluding hydrogens is 256 g/mol. The van der Waals surface area contributed by atoms with Crippen molar-refractivity contribution in [3.8, 4) is 5.69 Å². The van der Waals surface area contributed by atoms with Gasteiger partial charge in [-0.2, -0.15) is 4.68 Å². The van der Waals surface area contributed by atoms with Crippen LogP contribution in [0.1, 0.15) is 5.56 Å². The quantitative estimate of drug-likeness (QED) is 0.798. The molecule has 0 saturated heterocycles. The van der Waals surface area contributed by atoms with Gasteiger partial charge < -0.3 is 0 Å². The van der Waals surface area contributed by atoms with Crippen molar-refractivity contribution in [1.82, 2.24) is 20.2 Å². The van der Waals surface area contributed by atoms with E-state index in [9.17, 15) is 0 Å². The number of thioether (sulfide) groups is 1. The van der Waals surface area contributed by atoms with Crippen molar-refractivity contribution < 1.29 is 0 Å². The average molecular weight is 267 g/mol. The maximum Gasteiger partial charge on any atom is 0.214 e. The summed E-state index contributed by atoms with van der Waals surface area (Å²) in [6.07, 6.45) is 1.85. The Morgan fingerprint density at radius 2 is 2.12 bits per heavy atom. The van der Waals surface area contributed by atoms with Crippen molar-refractivity contribution in [3.05, 3.63) is 41.4 Å². The number of hydrogen-bond acceptors (Lipinski definition) is 4. The molecule has 0 atom stereocenters. The van der Waals surface area contributed by atoms with Crippen LogP contribution in [0.2, 0.25) is 0 Å². The molecule has 0 aliphatic rings. The molecule has 0 saturated carbocycles.